The molecule has 3 N–H and O–H groups in total. The minimum absolute atomic E-state index is 0.0866. The molecule has 0 bridgehead atoms. The van der Waals surface area contributed by atoms with Gasteiger partial charge in [-0.15, -0.1) is 0 Å². The van der Waals surface area contributed by atoms with E-state index in [1.165, 1.54) is 173 Å². The van der Waals surface area contributed by atoms with Gasteiger partial charge in [-0.3, -0.25) is 18.6 Å². The summed E-state index contributed by atoms with van der Waals surface area (Å²) in [7, 11) is -4.41. The van der Waals surface area contributed by atoms with Gasteiger partial charge in [-0.05, 0) is 38.5 Å². The van der Waals surface area contributed by atoms with E-state index in [1.807, 2.05) is 0 Å². The number of ether oxygens (including phenoxy) is 1. The summed E-state index contributed by atoms with van der Waals surface area (Å²) in [5.41, 5.74) is 0. The number of hydrogen-bond acceptors (Lipinski definition) is 7. The van der Waals surface area contributed by atoms with Crippen LogP contribution in [0.25, 0.3) is 0 Å². The molecule has 0 aromatic carbocycles. The van der Waals surface area contributed by atoms with Crippen LogP contribution in [0.2, 0.25) is 0 Å². The zero-order valence-corrected chi connectivity index (χ0v) is 37.5. The first-order chi connectivity index (χ1) is 27.3. The SMILES string of the molecule is CCCCCCCC/C=C/CCCCCCCCCCCC(=O)OCC(O)COP(=O)(O)OCCNC(=O)CCCCCCCCCCCCCCCCCC. The first-order valence-corrected chi connectivity index (χ1v) is 25.2. The van der Waals surface area contributed by atoms with Crippen molar-refractivity contribution in [2.45, 2.75) is 245 Å². The Bertz CT molecular complexity index is 933. The molecule has 332 valence electrons. The number of esters is 1. The van der Waals surface area contributed by atoms with Crippen molar-refractivity contribution in [3.05, 3.63) is 12.2 Å². The summed E-state index contributed by atoms with van der Waals surface area (Å²) in [4.78, 5) is 34.0. The van der Waals surface area contributed by atoms with E-state index in [0.717, 1.165) is 38.5 Å². The molecule has 0 aromatic heterocycles. The van der Waals surface area contributed by atoms with Gasteiger partial charge in [0, 0.05) is 19.4 Å². The molecule has 0 fully saturated rings. The smallest absolute Gasteiger partial charge is 0.463 e. The number of aliphatic hydroxyl groups is 1. The van der Waals surface area contributed by atoms with E-state index in [2.05, 4.69) is 31.3 Å². The van der Waals surface area contributed by atoms with Gasteiger partial charge in [0.15, 0.2) is 0 Å². The lowest BCUT2D eigenvalue weighted by Crippen LogP contribution is -2.27. The Kier molecular flexibility index (Phi) is 42.4. The monoisotopic (exact) mass is 816 g/mol. The van der Waals surface area contributed by atoms with Crippen molar-refractivity contribution >= 4 is 19.7 Å². The molecule has 0 spiro atoms. The summed E-state index contributed by atoms with van der Waals surface area (Å²) in [5, 5.41) is 12.7. The third-order valence-electron chi connectivity index (χ3n) is 10.4. The summed E-state index contributed by atoms with van der Waals surface area (Å²) >= 11 is 0. The highest BCUT2D eigenvalue weighted by atomic mass is 31.2. The van der Waals surface area contributed by atoms with E-state index in [4.69, 9.17) is 13.8 Å². The first kappa shape index (κ1) is 54.8. The zero-order chi connectivity index (χ0) is 41.1. The summed E-state index contributed by atoms with van der Waals surface area (Å²) in [6.45, 7) is 3.59. The molecular formula is C46H90NO8P. The molecule has 1 amide bonds. The number of rotatable bonds is 45. The predicted octanol–water partition coefficient (Wildman–Crippen LogP) is 13.4. The van der Waals surface area contributed by atoms with Gasteiger partial charge < -0.3 is 20.1 Å². The summed E-state index contributed by atoms with van der Waals surface area (Å²) in [6, 6.07) is 0. The van der Waals surface area contributed by atoms with Crippen LogP contribution in [0.4, 0.5) is 0 Å². The van der Waals surface area contributed by atoms with Crippen molar-refractivity contribution in [3.8, 4) is 0 Å². The maximum atomic E-state index is 12.1. The van der Waals surface area contributed by atoms with Gasteiger partial charge in [0.2, 0.25) is 5.91 Å². The Balaban J connectivity index is 3.55. The van der Waals surface area contributed by atoms with Crippen LogP contribution in [0.5, 0.6) is 0 Å². The minimum atomic E-state index is -4.41. The van der Waals surface area contributed by atoms with E-state index < -0.39 is 26.5 Å². The van der Waals surface area contributed by atoms with Gasteiger partial charge in [0.25, 0.3) is 0 Å². The van der Waals surface area contributed by atoms with Crippen molar-refractivity contribution < 1.29 is 37.9 Å². The van der Waals surface area contributed by atoms with Gasteiger partial charge >= 0.3 is 13.8 Å². The van der Waals surface area contributed by atoms with Crippen molar-refractivity contribution in [1.29, 1.82) is 0 Å². The normalized spacial score (nSPS) is 13.3. The van der Waals surface area contributed by atoms with Crippen LogP contribution in [-0.2, 0) is 27.9 Å². The number of allylic oxidation sites excluding steroid dienone is 2. The Morgan fingerprint density at radius 3 is 1.34 bits per heavy atom. The minimum Gasteiger partial charge on any atom is -0.463 e. The second-order valence-corrected chi connectivity index (χ2v) is 17.5. The van der Waals surface area contributed by atoms with Crippen LogP contribution in [0.15, 0.2) is 12.2 Å². The fourth-order valence-corrected chi connectivity index (χ4v) is 7.60. The van der Waals surface area contributed by atoms with Crippen molar-refractivity contribution in [2.24, 2.45) is 0 Å². The number of phosphoric ester groups is 1. The predicted molar refractivity (Wildman–Crippen MR) is 234 cm³/mol. The van der Waals surface area contributed by atoms with Gasteiger partial charge in [-0.25, -0.2) is 4.57 Å². The van der Waals surface area contributed by atoms with E-state index >= 15 is 0 Å². The standard InChI is InChI=1S/C46H90NO8P/c1-3-5-7-9-11-13-15-17-19-21-22-23-25-27-29-31-33-35-37-39-46(50)53-42-44(48)43-55-56(51,52)54-41-40-47-45(49)38-36-34-32-30-28-26-24-20-18-16-14-12-10-8-6-4-2/h17,19,44,48H,3-16,18,20-43H2,1-2H3,(H,47,49)(H,51,52)/b19-17+. The van der Waals surface area contributed by atoms with E-state index in [1.54, 1.807) is 0 Å². The molecule has 0 aliphatic rings. The number of aliphatic hydroxyl groups excluding tert-OH is 1. The number of carbonyl (C=O) groups is 2. The molecule has 56 heavy (non-hydrogen) atoms. The first-order valence-electron chi connectivity index (χ1n) is 23.7. The van der Waals surface area contributed by atoms with Crippen LogP contribution >= 0.6 is 7.82 Å². The van der Waals surface area contributed by atoms with Crippen LogP contribution in [0.3, 0.4) is 0 Å². The van der Waals surface area contributed by atoms with E-state index in [9.17, 15) is 24.2 Å². The van der Waals surface area contributed by atoms with E-state index in [0.29, 0.717) is 6.42 Å². The fraction of sp³-hybridized carbons (Fsp3) is 0.913. The van der Waals surface area contributed by atoms with E-state index in [-0.39, 0.29) is 32.1 Å². The molecule has 2 atom stereocenters. The molecule has 10 heteroatoms. The van der Waals surface area contributed by atoms with Crippen LogP contribution in [-0.4, -0.2) is 54.3 Å². The lowest BCUT2D eigenvalue weighted by molar-refractivity contribution is -0.147. The quantitative estimate of drug-likeness (QED) is 0.0240. The summed E-state index contributed by atoms with van der Waals surface area (Å²) < 4.78 is 26.9. The molecule has 0 heterocycles. The molecule has 0 radical (unpaired) electrons. The van der Waals surface area contributed by atoms with Crippen LogP contribution in [0, 0.1) is 0 Å². The number of phosphoric acid groups is 1. The number of hydrogen-bond donors (Lipinski definition) is 3. The number of unbranched alkanes of at least 4 members (excludes halogenated alkanes) is 30. The molecule has 0 aliphatic heterocycles. The third kappa shape index (κ3) is 43.9. The average Bonchev–Trinajstić information content (AvgIpc) is 3.18. The second kappa shape index (κ2) is 43.3. The van der Waals surface area contributed by atoms with Crippen LogP contribution < -0.4 is 5.32 Å². The molecule has 0 rings (SSSR count). The Labute approximate surface area is 345 Å². The van der Waals surface area contributed by atoms with Crippen LogP contribution in [0.1, 0.15) is 239 Å². The molecule has 0 aromatic rings. The summed E-state index contributed by atoms with van der Waals surface area (Å²) in [6.07, 6.45) is 45.7. The van der Waals surface area contributed by atoms with Crippen molar-refractivity contribution in [1.82, 2.24) is 5.32 Å². The molecule has 0 saturated heterocycles. The van der Waals surface area contributed by atoms with Gasteiger partial charge in [-0.1, -0.05) is 199 Å². The third-order valence-corrected chi connectivity index (χ3v) is 11.4. The molecular weight excluding hydrogens is 725 g/mol. The molecule has 0 saturated carbocycles. The van der Waals surface area contributed by atoms with Crippen molar-refractivity contribution in [3.63, 3.8) is 0 Å². The van der Waals surface area contributed by atoms with Gasteiger partial charge in [0.1, 0.15) is 12.7 Å². The van der Waals surface area contributed by atoms with Gasteiger partial charge in [-0.2, -0.15) is 0 Å². The Hall–Kier alpha value is -1.25. The molecule has 9 nitrogen and oxygen atoms in total. The maximum Gasteiger partial charge on any atom is 0.472 e. The zero-order valence-electron chi connectivity index (χ0n) is 36.6. The Morgan fingerprint density at radius 2 is 0.911 bits per heavy atom. The van der Waals surface area contributed by atoms with Crippen molar-refractivity contribution in [2.75, 3.05) is 26.4 Å². The second-order valence-electron chi connectivity index (χ2n) is 16.1. The highest BCUT2D eigenvalue weighted by molar-refractivity contribution is 7.47. The highest BCUT2D eigenvalue weighted by Gasteiger charge is 2.23. The van der Waals surface area contributed by atoms with Gasteiger partial charge in [0.05, 0.1) is 13.2 Å². The topological polar surface area (TPSA) is 131 Å². The lowest BCUT2D eigenvalue weighted by atomic mass is 10.0. The number of amides is 1. The Morgan fingerprint density at radius 1 is 0.536 bits per heavy atom. The number of nitrogens with one attached hydrogen (secondary N) is 1. The summed E-state index contributed by atoms with van der Waals surface area (Å²) in [5.74, 6) is -0.507. The number of carbonyl (C=O) groups excluding carboxylic acids is 2. The molecule has 0 aliphatic carbocycles. The maximum absolute atomic E-state index is 12.1. The fourth-order valence-electron chi connectivity index (χ4n) is 6.85. The molecule has 2 unspecified atom stereocenters. The lowest BCUT2D eigenvalue weighted by Gasteiger charge is -2.15. The largest absolute Gasteiger partial charge is 0.472 e. The highest BCUT2D eigenvalue weighted by Crippen LogP contribution is 2.42. The average molecular weight is 816 g/mol.